The third-order valence-electron chi connectivity index (χ3n) is 4.07. The lowest BCUT2D eigenvalue weighted by Crippen LogP contribution is -2.41. The van der Waals surface area contributed by atoms with Gasteiger partial charge in [-0.2, -0.15) is 8.78 Å². The Hall–Kier alpha value is -3.82. The Kier molecular flexibility index (Phi) is 6.35. The SMILES string of the molecule is O=C(Cn1c(=O)ccn(Cc2ccccc2)c1=O)Nc1ccc(OC(F)F)c(F)c1. The molecule has 0 aliphatic rings. The Labute approximate surface area is 168 Å². The zero-order valence-corrected chi connectivity index (χ0v) is 15.4. The summed E-state index contributed by atoms with van der Waals surface area (Å²) in [6.45, 7) is -3.59. The molecule has 1 heterocycles. The van der Waals surface area contributed by atoms with Gasteiger partial charge < -0.3 is 10.1 Å². The van der Waals surface area contributed by atoms with Crippen LogP contribution in [0, 0.1) is 5.82 Å². The van der Waals surface area contributed by atoms with Crippen molar-refractivity contribution in [3.05, 3.63) is 93.0 Å². The number of nitrogens with zero attached hydrogens (tertiary/aromatic N) is 2. The molecule has 0 aliphatic carbocycles. The van der Waals surface area contributed by atoms with Crippen LogP contribution in [-0.2, 0) is 17.9 Å². The van der Waals surface area contributed by atoms with E-state index in [1.165, 1.54) is 10.8 Å². The average Bonchev–Trinajstić information content (AvgIpc) is 2.70. The van der Waals surface area contributed by atoms with E-state index in [9.17, 15) is 27.6 Å². The molecule has 156 valence electrons. The molecule has 1 N–H and O–H groups in total. The zero-order valence-electron chi connectivity index (χ0n) is 15.4. The van der Waals surface area contributed by atoms with E-state index in [1.54, 1.807) is 12.1 Å². The van der Waals surface area contributed by atoms with Crippen LogP contribution < -0.4 is 21.3 Å². The maximum absolute atomic E-state index is 13.8. The van der Waals surface area contributed by atoms with Crippen molar-refractivity contribution in [3.8, 4) is 5.75 Å². The number of amides is 1. The number of aromatic nitrogens is 2. The molecule has 0 bridgehead atoms. The second-order valence-electron chi connectivity index (χ2n) is 6.21. The Morgan fingerprint density at radius 2 is 1.80 bits per heavy atom. The van der Waals surface area contributed by atoms with Crippen LogP contribution in [0.3, 0.4) is 0 Å². The standard InChI is InChI=1S/C20H16F3N3O4/c21-15-10-14(6-7-16(15)30-19(22)23)24-17(27)12-26-18(28)8-9-25(20(26)29)11-13-4-2-1-3-5-13/h1-10,19H,11-12H2,(H,24,27). The van der Waals surface area contributed by atoms with Crippen molar-refractivity contribution in [2.75, 3.05) is 5.32 Å². The third-order valence-corrected chi connectivity index (χ3v) is 4.07. The number of alkyl halides is 2. The molecule has 0 fully saturated rings. The number of rotatable bonds is 7. The van der Waals surface area contributed by atoms with Crippen LogP contribution in [0.25, 0.3) is 0 Å². The molecule has 0 saturated carbocycles. The number of ether oxygens (including phenoxy) is 1. The molecule has 0 atom stereocenters. The molecular formula is C20H16F3N3O4. The van der Waals surface area contributed by atoms with Crippen LogP contribution in [-0.4, -0.2) is 21.7 Å². The summed E-state index contributed by atoms with van der Waals surface area (Å²) < 4.78 is 44.1. The number of carbonyl (C=O) groups excluding carboxylic acids is 1. The highest BCUT2D eigenvalue weighted by molar-refractivity contribution is 5.90. The van der Waals surface area contributed by atoms with E-state index >= 15 is 0 Å². The summed E-state index contributed by atoms with van der Waals surface area (Å²) in [4.78, 5) is 36.9. The third kappa shape index (κ3) is 5.16. The van der Waals surface area contributed by atoms with Crippen molar-refractivity contribution in [2.45, 2.75) is 19.7 Å². The first-order valence-corrected chi connectivity index (χ1v) is 8.72. The number of benzene rings is 2. The second-order valence-corrected chi connectivity index (χ2v) is 6.21. The summed E-state index contributed by atoms with van der Waals surface area (Å²) in [6.07, 6.45) is 1.34. The molecule has 30 heavy (non-hydrogen) atoms. The summed E-state index contributed by atoms with van der Waals surface area (Å²) in [5.74, 6) is -2.55. The summed E-state index contributed by atoms with van der Waals surface area (Å²) >= 11 is 0. The summed E-state index contributed by atoms with van der Waals surface area (Å²) in [5, 5.41) is 2.31. The molecule has 0 radical (unpaired) electrons. The normalized spacial score (nSPS) is 10.8. The average molecular weight is 419 g/mol. The van der Waals surface area contributed by atoms with E-state index in [0.717, 1.165) is 34.4 Å². The van der Waals surface area contributed by atoms with Gasteiger partial charge in [-0.25, -0.2) is 9.18 Å². The molecule has 1 amide bonds. The fraction of sp³-hybridized carbons (Fsp3) is 0.150. The molecule has 10 heteroatoms. The summed E-state index contributed by atoms with van der Waals surface area (Å²) in [5.41, 5.74) is -0.580. The minimum atomic E-state index is -3.19. The van der Waals surface area contributed by atoms with Gasteiger partial charge in [0.05, 0.1) is 6.54 Å². The van der Waals surface area contributed by atoms with Crippen molar-refractivity contribution >= 4 is 11.6 Å². The van der Waals surface area contributed by atoms with Crippen LogP contribution in [0.2, 0.25) is 0 Å². The molecule has 7 nitrogen and oxygen atoms in total. The molecule has 1 aromatic heterocycles. The Balaban J connectivity index is 1.75. The highest BCUT2D eigenvalue weighted by atomic mass is 19.3. The molecule has 2 aromatic carbocycles. The largest absolute Gasteiger partial charge is 0.432 e. The molecule has 3 rings (SSSR count). The van der Waals surface area contributed by atoms with E-state index in [2.05, 4.69) is 10.1 Å². The Morgan fingerprint density at radius 3 is 2.47 bits per heavy atom. The van der Waals surface area contributed by atoms with Crippen molar-refractivity contribution < 1.29 is 22.7 Å². The van der Waals surface area contributed by atoms with Gasteiger partial charge in [-0.1, -0.05) is 30.3 Å². The molecule has 0 aliphatic heterocycles. The number of anilines is 1. The van der Waals surface area contributed by atoms with Gasteiger partial charge >= 0.3 is 12.3 Å². The van der Waals surface area contributed by atoms with Gasteiger partial charge in [-0.3, -0.25) is 18.7 Å². The van der Waals surface area contributed by atoms with Crippen LogP contribution in [0.15, 0.2) is 70.4 Å². The molecule has 0 unspecified atom stereocenters. The highest BCUT2D eigenvalue weighted by Crippen LogP contribution is 2.22. The molecule has 3 aromatic rings. The summed E-state index contributed by atoms with van der Waals surface area (Å²) in [7, 11) is 0. The van der Waals surface area contributed by atoms with E-state index in [0.29, 0.717) is 0 Å². The maximum Gasteiger partial charge on any atom is 0.387 e. The van der Waals surface area contributed by atoms with Crippen molar-refractivity contribution in [3.63, 3.8) is 0 Å². The lowest BCUT2D eigenvalue weighted by Gasteiger charge is -2.11. The van der Waals surface area contributed by atoms with Crippen molar-refractivity contribution in [1.82, 2.24) is 9.13 Å². The first kappa shape index (κ1) is 20.9. The lowest BCUT2D eigenvalue weighted by molar-refractivity contribution is -0.116. The van der Waals surface area contributed by atoms with Crippen molar-refractivity contribution in [2.24, 2.45) is 0 Å². The van der Waals surface area contributed by atoms with Crippen LogP contribution >= 0.6 is 0 Å². The van der Waals surface area contributed by atoms with Gasteiger partial charge in [0.15, 0.2) is 11.6 Å². The van der Waals surface area contributed by atoms with Gasteiger partial charge in [-0.05, 0) is 17.7 Å². The van der Waals surface area contributed by atoms with Gasteiger partial charge in [0.2, 0.25) is 5.91 Å². The number of hydrogen-bond acceptors (Lipinski definition) is 4. The number of nitrogens with one attached hydrogen (secondary N) is 1. The van der Waals surface area contributed by atoms with E-state index in [-0.39, 0.29) is 12.2 Å². The molecule has 0 saturated heterocycles. The number of carbonyl (C=O) groups is 1. The van der Waals surface area contributed by atoms with Gasteiger partial charge in [-0.15, -0.1) is 0 Å². The van der Waals surface area contributed by atoms with Crippen LogP contribution in [0.1, 0.15) is 5.56 Å². The molecule has 0 spiro atoms. The van der Waals surface area contributed by atoms with Gasteiger partial charge in [0.25, 0.3) is 5.56 Å². The number of halogens is 3. The Bertz CT molecular complexity index is 1160. The number of hydrogen-bond donors (Lipinski definition) is 1. The smallest absolute Gasteiger partial charge is 0.387 e. The van der Waals surface area contributed by atoms with E-state index in [1.807, 2.05) is 18.2 Å². The van der Waals surface area contributed by atoms with E-state index in [4.69, 9.17) is 0 Å². The topological polar surface area (TPSA) is 82.3 Å². The first-order valence-electron chi connectivity index (χ1n) is 8.72. The monoisotopic (exact) mass is 419 g/mol. The predicted octanol–water partition coefficient (Wildman–Crippen LogP) is 2.44. The Morgan fingerprint density at radius 1 is 1.07 bits per heavy atom. The van der Waals surface area contributed by atoms with Gasteiger partial charge in [0.1, 0.15) is 6.54 Å². The lowest BCUT2D eigenvalue weighted by atomic mass is 10.2. The highest BCUT2D eigenvalue weighted by Gasteiger charge is 2.13. The first-order chi connectivity index (χ1) is 14.3. The van der Waals surface area contributed by atoms with Crippen LogP contribution in [0.5, 0.6) is 5.75 Å². The maximum atomic E-state index is 13.8. The minimum absolute atomic E-state index is 0.0484. The van der Waals surface area contributed by atoms with Crippen LogP contribution in [0.4, 0.5) is 18.9 Å². The fourth-order valence-corrected chi connectivity index (χ4v) is 2.72. The minimum Gasteiger partial charge on any atom is -0.432 e. The summed E-state index contributed by atoms with van der Waals surface area (Å²) in [6, 6.07) is 13.1. The quantitative estimate of drug-likeness (QED) is 0.638. The van der Waals surface area contributed by atoms with Gasteiger partial charge in [0, 0.05) is 24.0 Å². The van der Waals surface area contributed by atoms with E-state index < -0.39 is 41.9 Å². The predicted molar refractivity (Wildman–Crippen MR) is 102 cm³/mol. The fourth-order valence-electron chi connectivity index (χ4n) is 2.72. The zero-order chi connectivity index (χ0) is 21.7. The molecular weight excluding hydrogens is 403 g/mol. The van der Waals surface area contributed by atoms with Crippen molar-refractivity contribution in [1.29, 1.82) is 0 Å². The second kappa shape index (κ2) is 9.12.